The zero-order valence-corrected chi connectivity index (χ0v) is 16.0. The lowest BCUT2D eigenvalue weighted by molar-refractivity contribution is -0.125. The molecule has 0 radical (unpaired) electrons. The molecule has 7 heteroatoms. The van der Waals surface area contributed by atoms with Gasteiger partial charge in [0.15, 0.2) is 0 Å². The van der Waals surface area contributed by atoms with Crippen molar-refractivity contribution in [3.8, 4) is 0 Å². The van der Waals surface area contributed by atoms with Gasteiger partial charge in [0.2, 0.25) is 5.91 Å². The van der Waals surface area contributed by atoms with Crippen molar-refractivity contribution in [3.05, 3.63) is 24.3 Å². The first-order valence-corrected chi connectivity index (χ1v) is 9.75. The van der Waals surface area contributed by atoms with Gasteiger partial charge in [-0.1, -0.05) is 13.8 Å². The van der Waals surface area contributed by atoms with Crippen LogP contribution in [0.4, 0.5) is 16.2 Å². The minimum absolute atomic E-state index is 0.124. The van der Waals surface area contributed by atoms with Gasteiger partial charge in [-0.2, -0.15) is 0 Å². The largest absolute Gasteiger partial charge is 0.368 e. The van der Waals surface area contributed by atoms with E-state index in [9.17, 15) is 9.59 Å². The van der Waals surface area contributed by atoms with E-state index in [1.54, 1.807) is 9.80 Å². The Labute approximate surface area is 159 Å². The third kappa shape index (κ3) is 2.76. The monoisotopic (exact) mass is 369 g/mol. The number of amidine groups is 1. The van der Waals surface area contributed by atoms with Crippen LogP contribution in [0, 0.1) is 5.92 Å². The van der Waals surface area contributed by atoms with Gasteiger partial charge in [-0.15, -0.1) is 0 Å². The number of carbonyl (C=O) groups excluding carboxylic acids is 2. The van der Waals surface area contributed by atoms with Gasteiger partial charge in [0, 0.05) is 36.9 Å². The number of hydrogen-bond acceptors (Lipinski definition) is 4. The van der Waals surface area contributed by atoms with Crippen LogP contribution < -0.4 is 15.5 Å². The Hall–Kier alpha value is -2.57. The van der Waals surface area contributed by atoms with E-state index in [1.165, 1.54) is 0 Å². The number of primary amides is 1. The molecule has 0 bridgehead atoms. The molecule has 0 unspecified atom stereocenters. The van der Waals surface area contributed by atoms with E-state index in [2.05, 4.69) is 23.7 Å². The minimum Gasteiger partial charge on any atom is -0.368 e. The fraction of sp³-hybridized carbons (Fsp3) is 0.550. The number of benzene rings is 1. The highest BCUT2D eigenvalue weighted by atomic mass is 16.2. The van der Waals surface area contributed by atoms with Crippen molar-refractivity contribution in [2.75, 3.05) is 36.0 Å². The number of nitrogens with zero attached hydrogens (tertiary/aromatic N) is 4. The summed E-state index contributed by atoms with van der Waals surface area (Å²) in [4.78, 5) is 35.2. The van der Waals surface area contributed by atoms with Crippen molar-refractivity contribution in [2.45, 2.75) is 38.6 Å². The normalized spacial score (nSPS) is 25.2. The molecule has 0 spiro atoms. The quantitative estimate of drug-likeness (QED) is 0.883. The summed E-state index contributed by atoms with van der Waals surface area (Å²) in [6.07, 6.45) is 2.51. The third-order valence-corrected chi connectivity index (χ3v) is 5.91. The van der Waals surface area contributed by atoms with E-state index in [4.69, 9.17) is 5.73 Å². The number of carbonyl (C=O) groups is 2. The number of hydrogen-bond donors (Lipinski definition) is 1. The second-order valence-corrected chi connectivity index (χ2v) is 7.94. The van der Waals surface area contributed by atoms with Crippen LogP contribution in [0.25, 0.3) is 0 Å². The van der Waals surface area contributed by atoms with Crippen molar-refractivity contribution in [1.29, 1.82) is 0 Å². The van der Waals surface area contributed by atoms with Gasteiger partial charge >= 0.3 is 6.03 Å². The molecular weight excluding hydrogens is 342 g/mol. The summed E-state index contributed by atoms with van der Waals surface area (Å²) in [5.74, 6) is 1.07. The Morgan fingerprint density at radius 2 is 1.78 bits per heavy atom. The van der Waals surface area contributed by atoms with E-state index in [0.29, 0.717) is 25.4 Å². The number of amides is 3. The molecule has 2 saturated heterocycles. The van der Waals surface area contributed by atoms with Crippen molar-refractivity contribution in [1.82, 2.24) is 4.90 Å². The number of urea groups is 1. The van der Waals surface area contributed by atoms with Crippen LogP contribution in [0.1, 0.15) is 33.1 Å². The summed E-state index contributed by atoms with van der Waals surface area (Å²) in [6.45, 7) is 7.09. The van der Waals surface area contributed by atoms with Crippen LogP contribution in [0.3, 0.4) is 0 Å². The minimum atomic E-state index is -0.847. The molecule has 27 heavy (non-hydrogen) atoms. The van der Waals surface area contributed by atoms with Gasteiger partial charge < -0.3 is 15.5 Å². The number of anilines is 2. The highest BCUT2D eigenvalue weighted by Crippen LogP contribution is 2.39. The highest BCUT2D eigenvalue weighted by molar-refractivity contribution is 6.03. The topological polar surface area (TPSA) is 82.2 Å². The van der Waals surface area contributed by atoms with Crippen LogP contribution in [0.15, 0.2) is 29.3 Å². The lowest BCUT2D eigenvalue weighted by Crippen LogP contribution is -2.52. The van der Waals surface area contributed by atoms with E-state index < -0.39 is 11.4 Å². The van der Waals surface area contributed by atoms with Crippen molar-refractivity contribution < 1.29 is 9.59 Å². The summed E-state index contributed by atoms with van der Waals surface area (Å²) in [7, 11) is 0. The summed E-state index contributed by atoms with van der Waals surface area (Å²) in [6, 6.07) is 7.85. The lowest BCUT2D eigenvalue weighted by atomic mass is 9.96. The summed E-state index contributed by atoms with van der Waals surface area (Å²) < 4.78 is 0. The van der Waals surface area contributed by atoms with Crippen molar-refractivity contribution in [3.63, 3.8) is 0 Å². The fourth-order valence-electron chi connectivity index (χ4n) is 4.52. The maximum Gasteiger partial charge on any atom is 0.325 e. The number of rotatable bonds is 4. The SMILES string of the molecule is CC(C)C1=NCCCN1c1ccc(N2C[C@@]3(C(N)=O)CCCN3C2=O)cc1. The molecule has 4 rings (SSSR count). The molecule has 0 saturated carbocycles. The lowest BCUT2D eigenvalue weighted by Gasteiger charge is -2.32. The third-order valence-electron chi connectivity index (χ3n) is 5.91. The summed E-state index contributed by atoms with van der Waals surface area (Å²) >= 11 is 0. The second-order valence-electron chi connectivity index (χ2n) is 7.94. The Morgan fingerprint density at radius 1 is 1.11 bits per heavy atom. The van der Waals surface area contributed by atoms with Crippen LogP contribution in [-0.2, 0) is 4.79 Å². The molecule has 3 aliphatic rings. The van der Waals surface area contributed by atoms with Crippen LogP contribution in [-0.4, -0.2) is 54.4 Å². The molecular formula is C20H27N5O2. The predicted octanol–water partition coefficient (Wildman–Crippen LogP) is 2.21. The molecule has 1 atom stereocenters. The second kappa shape index (κ2) is 6.55. The molecule has 1 aromatic carbocycles. The predicted molar refractivity (Wildman–Crippen MR) is 106 cm³/mol. The van der Waals surface area contributed by atoms with E-state index in [0.717, 1.165) is 43.1 Å². The van der Waals surface area contributed by atoms with Gasteiger partial charge in [0.05, 0.1) is 6.54 Å². The molecule has 2 fully saturated rings. The van der Waals surface area contributed by atoms with Gasteiger partial charge in [0.25, 0.3) is 0 Å². The highest BCUT2D eigenvalue weighted by Gasteiger charge is 2.56. The molecule has 2 N–H and O–H groups in total. The Kier molecular flexibility index (Phi) is 4.32. The van der Waals surface area contributed by atoms with E-state index >= 15 is 0 Å². The molecule has 7 nitrogen and oxygen atoms in total. The summed E-state index contributed by atoms with van der Waals surface area (Å²) in [5.41, 5.74) is 6.71. The van der Waals surface area contributed by atoms with Crippen LogP contribution >= 0.6 is 0 Å². The Morgan fingerprint density at radius 3 is 2.37 bits per heavy atom. The zero-order valence-electron chi connectivity index (χ0n) is 16.0. The molecule has 3 amide bonds. The fourth-order valence-corrected chi connectivity index (χ4v) is 4.52. The first-order valence-electron chi connectivity index (χ1n) is 9.75. The van der Waals surface area contributed by atoms with E-state index in [-0.39, 0.29) is 6.03 Å². The van der Waals surface area contributed by atoms with Crippen molar-refractivity contribution in [2.24, 2.45) is 16.6 Å². The maximum atomic E-state index is 12.8. The number of aliphatic imine (C=N–C) groups is 1. The Bertz CT molecular complexity index is 788. The first-order chi connectivity index (χ1) is 12.9. The molecule has 3 heterocycles. The molecule has 0 aromatic heterocycles. The van der Waals surface area contributed by atoms with Gasteiger partial charge in [0.1, 0.15) is 11.4 Å². The zero-order chi connectivity index (χ0) is 19.2. The van der Waals surface area contributed by atoms with Gasteiger partial charge in [-0.25, -0.2) is 4.79 Å². The smallest absolute Gasteiger partial charge is 0.325 e. The molecule has 3 aliphatic heterocycles. The average molecular weight is 369 g/mol. The van der Waals surface area contributed by atoms with Crippen LogP contribution in [0.5, 0.6) is 0 Å². The molecule has 144 valence electrons. The number of nitrogens with two attached hydrogens (primary N) is 1. The molecule has 0 aliphatic carbocycles. The summed E-state index contributed by atoms with van der Waals surface area (Å²) in [5, 5.41) is 0. The molecule has 1 aromatic rings. The standard InChI is InChI=1S/C20H27N5O2/c1-14(2)17-22-10-4-11-23(17)15-5-7-16(8-6-15)24-13-20(18(21)26)9-3-12-25(20)19(24)27/h5-8,14H,3-4,9-13H2,1-2H3,(H2,21,26)/t20-/m1/s1. The Balaban J connectivity index is 1.58. The van der Waals surface area contributed by atoms with Crippen LogP contribution in [0.2, 0.25) is 0 Å². The number of fused-ring (bicyclic) bond motifs is 1. The first kappa shape index (κ1) is 17.8. The van der Waals surface area contributed by atoms with Gasteiger partial charge in [-0.3, -0.25) is 14.7 Å². The maximum absolute atomic E-state index is 12.8. The van der Waals surface area contributed by atoms with Crippen molar-refractivity contribution >= 4 is 29.1 Å². The average Bonchev–Trinajstić information content (AvgIpc) is 3.21. The van der Waals surface area contributed by atoms with E-state index in [1.807, 2.05) is 24.3 Å². The van der Waals surface area contributed by atoms with Gasteiger partial charge in [-0.05, 0) is 43.5 Å².